The van der Waals surface area contributed by atoms with E-state index in [1.54, 1.807) is 30.5 Å². The maximum absolute atomic E-state index is 13.6. The largest absolute Gasteiger partial charge is 0.507 e. The lowest BCUT2D eigenvalue weighted by atomic mass is 9.93. The van der Waals surface area contributed by atoms with Gasteiger partial charge in [-0.05, 0) is 67.3 Å². The fourth-order valence-electron chi connectivity index (χ4n) is 5.03. The Morgan fingerprint density at radius 2 is 1.87 bits per heavy atom. The topological polar surface area (TPSA) is 82.6 Å². The quantitative estimate of drug-likeness (QED) is 0.156. The number of aryl methyl sites for hydroxylation is 1. The minimum absolute atomic E-state index is 0.0234. The van der Waals surface area contributed by atoms with Crippen LogP contribution in [0.4, 0.5) is 5.69 Å². The van der Waals surface area contributed by atoms with Gasteiger partial charge in [0, 0.05) is 38.9 Å². The van der Waals surface area contributed by atoms with E-state index in [4.69, 9.17) is 16.3 Å². The number of benzene rings is 3. The summed E-state index contributed by atoms with van der Waals surface area (Å²) in [4.78, 5) is 31.8. The van der Waals surface area contributed by atoms with Gasteiger partial charge in [-0.25, -0.2) is 0 Å². The molecule has 38 heavy (non-hydrogen) atoms. The number of aromatic amines is 1. The van der Waals surface area contributed by atoms with Gasteiger partial charge < -0.3 is 14.8 Å². The molecule has 0 spiro atoms. The van der Waals surface area contributed by atoms with Crippen LogP contribution >= 0.6 is 11.6 Å². The molecule has 7 heteroatoms. The Kier molecular flexibility index (Phi) is 6.76. The van der Waals surface area contributed by atoms with Gasteiger partial charge in [0.25, 0.3) is 11.7 Å². The number of hydrogen-bond donors (Lipinski definition) is 2. The molecular formula is C31H29ClN2O4. The van der Waals surface area contributed by atoms with Crippen LogP contribution in [0, 0.1) is 6.92 Å². The third-order valence-corrected chi connectivity index (χ3v) is 7.41. The van der Waals surface area contributed by atoms with Crippen LogP contribution in [0.5, 0.6) is 5.75 Å². The SMILES string of the molecule is CCOc1ccc(/C(O)=C2\C(=O)C(=O)N(c3ccc(C)c(Cl)c3)C2c2c[nH]c3ccccc23)cc1C(C)C. The molecule has 1 aliphatic rings. The molecule has 6 nitrogen and oxygen atoms in total. The van der Waals surface area contributed by atoms with E-state index in [2.05, 4.69) is 4.98 Å². The van der Waals surface area contributed by atoms with Crippen molar-refractivity contribution in [3.8, 4) is 5.75 Å². The van der Waals surface area contributed by atoms with Crippen LogP contribution in [0.25, 0.3) is 16.7 Å². The Balaban J connectivity index is 1.76. The van der Waals surface area contributed by atoms with E-state index in [1.807, 2.05) is 64.1 Å². The van der Waals surface area contributed by atoms with Gasteiger partial charge in [0.1, 0.15) is 11.5 Å². The minimum atomic E-state index is -0.862. The van der Waals surface area contributed by atoms with Crippen LogP contribution in [-0.4, -0.2) is 28.4 Å². The number of aliphatic hydroxyl groups excluding tert-OH is 1. The summed E-state index contributed by atoms with van der Waals surface area (Å²) in [5, 5.41) is 13.0. The molecule has 0 radical (unpaired) electrons. The number of fused-ring (bicyclic) bond motifs is 1. The standard InChI is InChI=1S/C31H29ClN2O4/c1-5-38-26-13-11-19(14-22(26)17(2)3)29(35)27-28(23-16-33-25-9-7-6-8-21(23)25)34(31(37)30(27)36)20-12-10-18(4)24(32)15-20/h6-17,28,33,35H,5H2,1-4H3/b29-27+. The summed E-state index contributed by atoms with van der Waals surface area (Å²) in [7, 11) is 0. The number of hydrogen-bond acceptors (Lipinski definition) is 4. The van der Waals surface area contributed by atoms with Crippen molar-refractivity contribution < 1.29 is 19.4 Å². The van der Waals surface area contributed by atoms with Gasteiger partial charge in [-0.1, -0.05) is 49.7 Å². The minimum Gasteiger partial charge on any atom is -0.507 e. The molecule has 1 atom stereocenters. The highest BCUT2D eigenvalue weighted by atomic mass is 35.5. The molecule has 0 bridgehead atoms. The molecule has 1 aromatic heterocycles. The van der Waals surface area contributed by atoms with Crippen LogP contribution < -0.4 is 9.64 Å². The predicted molar refractivity (Wildman–Crippen MR) is 151 cm³/mol. The number of carbonyl (C=O) groups is 2. The normalized spacial score (nSPS) is 17.1. The fourth-order valence-corrected chi connectivity index (χ4v) is 5.21. The van der Waals surface area contributed by atoms with E-state index in [0.717, 1.165) is 27.8 Å². The molecule has 0 saturated carbocycles. The first-order chi connectivity index (χ1) is 18.2. The number of nitrogens with one attached hydrogen (secondary N) is 1. The number of amides is 1. The molecule has 5 rings (SSSR count). The van der Waals surface area contributed by atoms with Crippen LogP contribution in [0.3, 0.4) is 0 Å². The molecule has 2 N–H and O–H groups in total. The maximum atomic E-state index is 13.6. The number of H-pyrrole nitrogens is 1. The molecule has 194 valence electrons. The van der Waals surface area contributed by atoms with E-state index < -0.39 is 17.7 Å². The van der Waals surface area contributed by atoms with Crippen molar-refractivity contribution >= 4 is 45.6 Å². The molecule has 3 aromatic carbocycles. The number of ether oxygens (including phenoxy) is 1. The van der Waals surface area contributed by atoms with Crippen molar-refractivity contribution in [3.63, 3.8) is 0 Å². The van der Waals surface area contributed by atoms with Gasteiger partial charge in [-0.3, -0.25) is 14.5 Å². The number of halogens is 1. The Bertz CT molecular complexity index is 1600. The van der Waals surface area contributed by atoms with E-state index in [0.29, 0.717) is 28.4 Å². The summed E-state index contributed by atoms with van der Waals surface area (Å²) in [6.45, 7) is 8.37. The summed E-state index contributed by atoms with van der Waals surface area (Å²) < 4.78 is 5.78. The predicted octanol–water partition coefficient (Wildman–Crippen LogP) is 7.28. The monoisotopic (exact) mass is 528 g/mol. The van der Waals surface area contributed by atoms with Gasteiger partial charge in [0.2, 0.25) is 0 Å². The van der Waals surface area contributed by atoms with Crippen LogP contribution in [0.1, 0.15) is 55.0 Å². The van der Waals surface area contributed by atoms with Crippen molar-refractivity contribution in [2.45, 2.75) is 39.7 Å². The average molecular weight is 529 g/mol. The maximum Gasteiger partial charge on any atom is 0.300 e. The van der Waals surface area contributed by atoms with Crippen molar-refractivity contribution in [3.05, 3.63) is 99.7 Å². The number of ketones is 1. The average Bonchev–Trinajstić information content (AvgIpc) is 3.44. The zero-order chi connectivity index (χ0) is 27.1. The smallest absolute Gasteiger partial charge is 0.300 e. The van der Waals surface area contributed by atoms with E-state index in [9.17, 15) is 14.7 Å². The summed E-state index contributed by atoms with van der Waals surface area (Å²) in [5.41, 5.74) is 4.26. The van der Waals surface area contributed by atoms with Gasteiger partial charge in [0.15, 0.2) is 0 Å². The second-order valence-electron chi connectivity index (χ2n) is 9.73. The number of aromatic nitrogens is 1. The molecule has 0 aliphatic carbocycles. The third-order valence-electron chi connectivity index (χ3n) is 7.00. The first kappa shape index (κ1) is 25.6. The second kappa shape index (κ2) is 10.0. The number of rotatable bonds is 6. The van der Waals surface area contributed by atoms with E-state index in [-0.39, 0.29) is 17.3 Å². The third kappa shape index (κ3) is 4.25. The lowest BCUT2D eigenvalue weighted by Gasteiger charge is -2.25. The molecular weight excluding hydrogens is 500 g/mol. The number of anilines is 1. The Morgan fingerprint density at radius 3 is 2.58 bits per heavy atom. The van der Waals surface area contributed by atoms with Gasteiger partial charge in [-0.15, -0.1) is 0 Å². The van der Waals surface area contributed by atoms with Crippen molar-refractivity contribution in [2.75, 3.05) is 11.5 Å². The van der Waals surface area contributed by atoms with E-state index >= 15 is 0 Å². The van der Waals surface area contributed by atoms with Crippen LogP contribution in [0.2, 0.25) is 5.02 Å². The Morgan fingerprint density at radius 1 is 1.11 bits per heavy atom. The number of aliphatic hydroxyl groups is 1. The zero-order valence-electron chi connectivity index (χ0n) is 21.7. The highest BCUT2D eigenvalue weighted by Gasteiger charge is 2.47. The summed E-state index contributed by atoms with van der Waals surface area (Å²) >= 11 is 6.42. The van der Waals surface area contributed by atoms with Crippen molar-refractivity contribution in [1.29, 1.82) is 0 Å². The van der Waals surface area contributed by atoms with Crippen molar-refractivity contribution in [1.82, 2.24) is 4.98 Å². The first-order valence-corrected chi connectivity index (χ1v) is 13.0. The van der Waals surface area contributed by atoms with Crippen molar-refractivity contribution in [2.24, 2.45) is 0 Å². The molecule has 1 aliphatic heterocycles. The lowest BCUT2D eigenvalue weighted by molar-refractivity contribution is -0.132. The van der Waals surface area contributed by atoms with Crippen LogP contribution in [-0.2, 0) is 9.59 Å². The van der Waals surface area contributed by atoms with Crippen LogP contribution in [0.15, 0.2) is 72.4 Å². The highest BCUT2D eigenvalue weighted by molar-refractivity contribution is 6.52. The molecule has 1 amide bonds. The molecule has 1 unspecified atom stereocenters. The summed E-state index contributed by atoms with van der Waals surface area (Å²) in [6, 6.07) is 17.4. The summed E-state index contributed by atoms with van der Waals surface area (Å²) in [6.07, 6.45) is 1.79. The Labute approximate surface area is 226 Å². The number of para-hydroxylation sites is 1. The van der Waals surface area contributed by atoms with Gasteiger partial charge in [-0.2, -0.15) is 0 Å². The second-order valence-corrected chi connectivity index (χ2v) is 10.1. The molecule has 4 aromatic rings. The molecule has 1 fully saturated rings. The number of nitrogens with zero attached hydrogens (tertiary/aromatic N) is 1. The number of carbonyl (C=O) groups excluding carboxylic acids is 2. The lowest BCUT2D eigenvalue weighted by Crippen LogP contribution is -2.29. The van der Waals surface area contributed by atoms with Gasteiger partial charge >= 0.3 is 0 Å². The number of Topliss-reactive ketones (excluding diaryl/α,β-unsaturated/α-hetero) is 1. The van der Waals surface area contributed by atoms with Gasteiger partial charge in [0.05, 0.1) is 18.2 Å². The summed E-state index contributed by atoms with van der Waals surface area (Å²) in [5.74, 6) is -0.872. The Hall–Kier alpha value is -4.03. The molecule has 2 heterocycles. The zero-order valence-corrected chi connectivity index (χ0v) is 22.5. The fraction of sp³-hybridized carbons (Fsp3) is 0.226. The highest BCUT2D eigenvalue weighted by Crippen LogP contribution is 2.45. The molecule has 1 saturated heterocycles. The first-order valence-electron chi connectivity index (χ1n) is 12.6. The van der Waals surface area contributed by atoms with E-state index in [1.165, 1.54) is 4.90 Å².